The van der Waals surface area contributed by atoms with Gasteiger partial charge in [-0.15, -0.1) is 0 Å². The first-order chi connectivity index (χ1) is 11.2. The van der Waals surface area contributed by atoms with Crippen LogP contribution in [0.5, 0.6) is 0 Å². The van der Waals surface area contributed by atoms with Crippen LogP contribution in [0.4, 0.5) is 10.1 Å². The van der Waals surface area contributed by atoms with Crippen LogP contribution in [0.25, 0.3) is 0 Å². The highest BCUT2D eigenvalue weighted by Crippen LogP contribution is 2.39. The summed E-state index contributed by atoms with van der Waals surface area (Å²) in [6, 6.07) is 1.20. The van der Waals surface area contributed by atoms with Crippen LogP contribution in [0, 0.1) is 15.9 Å². The molecular formula is C16H19BrFNO6. The Kier molecular flexibility index (Phi) is 5.94. The van der Waals surface area contributed by atoms with Gasteiger partial charge in [-0.05, 0) is 19.3 Å². The van der Waals surface area contributed by atoms with Crippen LogP contribution < -0.4 is 0 Å². The summed E-state index contributed by atoms with van der Waals surface area (Å²) in [6.45, 7) is 7.97. The predicted octanol–water partition coefficient (Wildman–Crippen LogP) is 3.74. The number of aliphatic carboxylic acids is 1. The van der Waals surface area contributed by atoms with Crippen molar-refractivity contribution in [2.75, 3.05) is 0 Å². The van der Waals surface area contributed by atoms with Crippen LogP contribution >= 0.6 is 15.9 Å². The molecule has 7 nitrogen and oxygen atoms in total. The van der Waals surface area contributed by atoms with E-state index in [0.29, 0.717) is 0 Å². The largest absolute Gasteiger partial charge is 0.473 e. The lowest BCUT2D eigenvalue weighted by atomic mass is 9.83. The maximum atomic E-state index is 15.1. The van der Waals surface area contributed by atoms with Crippen molar-refractivity contribution in [2.45, 2.75) is 52.1 Å². The SMILES string of the molecule is CC(C)(Cc1c([N+](=O)[O-])cc(Br)c(C(C)(C)C)c1F)OC(=O)C(=O)O. The fourth-order valence-electron chi connectivity index (χ4n) is 2.42. The first-order valence-corrected chi connectivity index (χ1v) is 8.08. The number of halogens is 2. The van der Waals surface area contributed by atoms with E-state index in [1.54, 1.807) is 20.8 Å². The Balaban J connectivity index is 3.49. The molecule has 0 unspecified atom stereocenters. The molecule has 0 fully saturated rings. The van der Waals surface area contributed by atoms with Crippen molar-refractivity contribution in [3.63, 3.8) is 0 Å². The number of nitro groups is 1. The van der Waals surface area contributed by atoms with Crippen LogP contribution in [0.3, 0.4) is 0 Å². The Morgan fingerprint density at radius 3 is 2.24 bits per heavy atom. The van der Waals surface area contributed by atoms with Gasteiger partial charge in [-0.2, -0.15) is 0 Å². The summed E-state index contributed by atoms with van der Waals surface area (Å²) in [6.07, 6.45) is -0.357. The zero-order chi connectivity index (χ0) is 19.7. The molecule has 1 aromatic rings. The van der Waals surface area contributed by atoms with E-state index in [9.17, 15) is 19.7 Å². The smallest absolute Gasteiger partial charge is 0.417 e. The molecule has 0 spiro atoms. The molecule has 25 heavy (non-hydrogen) atoms. The average molecular weight is 420 g/mol. The fourth-order valence-corrected chi connectivity index (χ4v) is 3.41. The summed E-state index contributed by atoms with van der Waals surface area (Å²) < 4.78 is 20.2. The van der Waals surface area contributed by atoms with Crippen LogP contribution in [0.2, 0.25) is 0 Å². The molecule has 1 rings (SSSR count). The van der Waals surface area contributed by atoms with E-state index in [1.165, 1.54) is 19.9 Å². The number of carbonyl (C=O) groups excluding carboxylic acids is 1. The van der Waals surface area contributed by atoms with Gasteiger partial charge in [0, 0.05) is 22.5 Å². The van der Waals surface area contributed by atoms with Crippen LogP contribution in [0.15, 0.2) is 10.5 Å². The Labute approximate surface area is 152 Å². The number of benzene rings is 1. The topological polar surface area (TPSA) is 107 Å². The van der Waals surface area contributed by atoms with Gasteiger partial charge in [0.25, 0.3) is 5.69 Å². The molecule has 0 saturated heterocycles. The van der Waals surface area contributed by atoms with Gasteiger partial charge in [0.05, 0.1) is 10.5 Å². The highest BCUT2D eigenvalue weighted by atomic mass is 79.9. The molecule has 0 aliphatic rings. The van der Waals surface area contributed by atoms with Crippen molar-refractivity contribution in [3.05, 3.63) is 37.6 Å². The van der Waals surface area contributed by atoms with Gasteiger partial charge in [0.2, 0.25) is 0 Å². The number of carbonyl (C=O) groups is 2. The Morgan fingerprint density at radius 1 is 1.32 bits per heavy atom. The van der Waals surface area contributed by atoms with Gasteiger partial charge in [-0.25, -0.2) is 14.0 Å². The van der Waals surface area contributed by atoms with Gasteiger partial charge in [-0.3, -0.25) is 10.1 Å². The third-order valence-electron chi connectivity index (χ3n) is 3.39. The zero-order valence-corrected chi connectivity index (χ0v) is 16.1. The molecule has 0 amide bonds. The number of carboxylic acids is 1. The summed E-state index contributed by atoms with van der Waals surface area (Å²) in [7, 11) is 0. The molecule has 0 saturated carbocycles. The molecule has 0 bridgehead atoms. The quantitative estimate of drug-likeness (QED) is 0.344. The molecule has 138 valence electrons. The van der Waals surface area contributed by atoms with Crippen LogP contribution in [-0.2, 0) is 26.2 Å². The van der Waals surface area contributed by atoms with Crippen molar-refractivity contribution < 1.29 is 28.7 Å². The third-order valence-corrected chi connectivity index (χ3v) is 4.01. The minimum Gasteiger partial charge on any atom is -0.473 e. The van der Waals surface area contributed by atoms with Crippen molar-refractivity contribution in [1.82, 2.24) is 0 Å². The number of rotatable bonds is 4. The highest BCUT2D eigenvalue weighted by Gasteiger charge is 2.35. The summed E-state index contributed by atoms with van der Waals surface area (Å²) in [5, 5.41) is 20.0. The molecule has 0 heterocycles. The molecule has 9 heteroatoms. The van der Waals surface area contributed by atoms with E-state index in [2.05, 4.69) is 15.9 Å². The number of esters is 1. The first kappa shape index (κ1) is 21.0. The maximum Gasteiger partial charge on any atom is 0.417 e. The van der Waals surface area contributed by atoms with E-state index >= 15 is 4.39 Å². The molecular weight excluding hydrogens is 401 g/mol. The highest BCUT2D eigenvalue weighted by molar-refractivity contribution is 9.10. The van der Waals surface area contributed by atoms with Crippen molar-refractivity contribution >= 4 is 33.6 Å². The number of carboxylic acid groups (broad SMARTS) is 1. The molecule has 0 aliphatic heterocycles. The Bertz CT molecular complexity index is 739. The van der Waals surface area contributed by atoms with E-state index < -0.39 is 39.4 Å². The second-order valence-corrected chi connectivity index (χ2v) is 8.04. The molecule has 1 N–H and O–H groups in total. The number of nitro benzene ring substituents is 1. The van der Waals surface area contributed by atoms with Crippen molar-refractivity contribution in [2.24, 2.45) is 0 Å². The molecule has 0 aromatic heterocycles. The maximum absolute atomic E-state index is 15.1. The van der Waals surface area contributed by atoms with E-state index in [1.807, 2.05) is 0 Å². The van der Waals surface area contributed by atoms with Crippen molar-refractivity contribution in [1.29, 1.82) is 0 Å². The number of ether oxygens (including phenoxy) is 1. The fraction of sp³-hybridized carbons (Fsp3) is 0.500. The second-order valence-electron chi connectivity index (χ2n) is 7.18. The Hall–Kier alpha value is -2.03. The third kappa shape index (κ3) is 4.97. The van der Waals surface area contributed by atoms with Gasteiger partial charge in [0.15, 0.2) is 0 Å². The lowest BCUT2D eigenvalue weighted by Crippen LogP contribution is -2.34. The molecule has 0 atom stereocenters. The number of hydrogen-bond acceptors (Lipinski definition) is 5. The summed E-state index contributed by atoms with van der Waals surface area (Å²) in [5.41, 5.74) is -2.58. The van der Waals surface area contributed by atoms with Crippen LogP contribution in [-0.4, -0.2) is 27.6 Å². The lowest BCUT2D eigenvalue weighted by Gasteiger charge is -2.27. The minimum atomic E-state index is -1.80. The average Bonchev–Trinajstić information content (AvgIpc) is 2.39. The monoisotopic (exact) mass is 419 g/mol. The number of hydrogen-bond donors (Lipinski definition) is 1. The van der Waals surface area contributed by atoms with Crippen LogP contribution in [0.1, 0.15) is 45.7 Å². The summed E-state index contributed by atoms with van der Waals surface area (Å²) >= 11 is 3.17. The number of nitrogens with zero attached hydrogens (tertiary/aromatic N) is 1. The lowest BCUT2D eigenvalue weighted by molar-refractivity contribution is -0.386. The van der Waals surface area contributed by atoms with E-state index in [4.69, 9.17) is 9.84 Å². The van der Waals surface area contributed by atoms with Crippen molar-refractivity contribution in [3.8, 4) is 0 Å². The zero-order valence-electron chi connectivity index (χ0n) is 14.5. The van der Waals surface area contributed by atoms with E-state index in [0.717, 1.165) is 0 Å². The molecule has 0 aliphatic carbocycles. The second kappa shape index (κ2) is 7.07. The van der Waals surface area contributed by atoms with Gasteiger partial charge >= 0.3 is 11.9 Å². The minimum absolute atomic E-state index is 0.244. The first-order valence-electron chi connectivity index (χ1n) is 7.29. The summed E-state index contributed by atoms with van der Waals surface area (Å²) in [5.74, 6) is -4.09. The predicted molar refractivity (Wildman–Crippen MR) is 91.0 cm³/mol. The van der Waals surface area contributed by atoms with Gasteiger partial charge in [-0.1, -0.05) is 36.7 Å². The molecule has 1 aromatic carbocycles. The van der Waals surface area contributed by atoms with Gasteiger partial charge < -0.3 is 9.84 Å². The molecule has 0 radical (unpaired) electrons. The van der Waals surface area contributed by atoms with E-state index in [-0.39, 0.29) is 22.0 Å². The Morgan fingerprint density at radius 2 is 1.84 bits per heavy atom. The standard InChI is InChI=1S/C16H19BrFNO6/c1-15(2,3)11-9(17)6-10(19(23)24)8(12(11)18)7-16(4,5)25-14(22)13(20)21/h6H,7H2,1-5H3,(H,20,21). The van der Waals surface area contributed by atoms with Gasteiger partial charge in [0.1, 0.15) is 11.4 Å². The summed E-state index contributed by atoms with van der Waals surface area (Å²) in [4.78, 5) is 32.5. The normalized spacial score (nSPS) is 12.0.